The lowest BCUT2D eigenvalue weighted by Gasteiger charge is -2.07. The molecule has 0 unspecified atom stereocenters. The SMILES string of the molecule is CC(=O)NCCCc1ccc(C(=O)COC(=O)c2cc(Cl)cc(Cl)c2)cc1. The van der Waals surface area contributed by atoms with Gasteiger partial charge in [-0.25, -0.2) is 4.79 Å². The Kier molecular flexibility index (Phi) is 7.82. The number of halogens is 2. The first-order chi connectivity index (χ1) is 12.8. The molecule has 0 heterocycles. The van der Waals surface area contributed by atoms with E-state index in [9.17, 15) is 14.4 Å². The predicted molar refractivity (Wildman–Crippen MR) is 105 cm³/mol. The molecular weight excluding hydrogens is 389 g/mol. The molecular formula is C20H19Cl2NO4. The molecule has 2 aromatic rings. The van der Waals surface area contributed by atoms with Crippen molar-refractivity contribution in [1.82, 2.24) is 5.32 Å². The number of amides is 1. The Bertz CT molecular complexity index is 814. The van der Waals surface area contributed by atoms with E-state index in [1.54, 1.807) is 12.1 Å². The van der Waals surface area contributed by atoms with Gasteiger partial charge in [0.25, 0.3) is 0 Å². The van der Waals surface area contributed by atoms with Crippen LogP contribution < -0.4 is 5.32 Å². The molecule has 2 aromatic carbocycles. The molecule has 27 heavy (non-hydrogen) atoms. The first-order valence-electron chi connectivity index (χ1n) is 8.35. The summed E-state index contributed by atoms with van der Waals surface area (Å²) in [4.78, 5) is 35.0. The van der Waals surface area contributed by atoms with Crippen molar-refractivity contribution in [2.45, 2.75) is 19.8 Å². The van der Waals surface area contributed by atoms with Crippen molar-refractivity contribution in [3.05, 3.63) is 69.2 Å². The second-order valence-electron chi connectivity index (χ2n) is 5.94. The number of ketones is 1. The highest BCUT2D eigenvalue weighted by molar-refractivity contribution is 6.35. The number of hydrogen-bond acceptors (Lipinski definition) is 4. The van der Waals surface area contributed by atoms with Gasteiger partial charge in [0, 0.05) is 29.1 Å². The van der Waals surface area contributed by atoms with Crippen LogP contribution in [0, 0.1) is 0 Å². The summed E-state index contributed by atoms with van der Waals surface area (Å²) in [6.45, 7) is 1.72. The average Bonchev–Trinajstić information content (AvgIpc) is 2.62. The van der Waals surface area contributed by atoms with E-state index in [1.807, 2.05) is 12.1 Å². The van der Waals surface area contributed by atoms with Crippen molar-refractivity contribution in [1.29, 1.82) is 0 Å². The van der Waals surface area contributed by atoms with Gasteiger partial charge < -0.3 is 10.1 Å². The normalized spacial score (nSPS) is 10.3. The Balaban J connectivity index is 1.84. The number of hydrogen-bond donors (Lipinski definition) is 1. The van der Waals surface area contributed by atoms with Gasteiger partial charge in [0.15, 0.2) is 12.4 Å². The van der Waals surface area contributed by atoms with E-state index >= 15 is 0 Å². The minimum atomic E-state index is -0.664. The van der Waals surface area contributed by atoms with E-state index in [0.717, 1.165) is 18.4 Å². The molecule has 0 fully saturated rings. The number of nitrogens with one attached hydrogen (secondary N) is 1. The van der Waals surface area contributed by atoms with Gasteiger partial charge in [0.2, 0.25) is 5.91 Å². The lowest BCUT2D eigenvalue weighted by molar-refractivity contribution is -0.118. The number of esters is 1. The predicted octanol–water partition coefficient (Wildman–Crippen LogP) is 4.10. The highest BCUT2D eigenvalue weighted by atomic mass is 35.5. The van der Waals surface area contributed by atoms with Crippen LogP contribution in [-0.2, 0) is 16.0 Å². The summed E-state index contributed by atoms with van der Waals surface area (Å²) in [6, 6.07) is 11.4. The molecule has 0 radical (unpaired) electrons. The number of Topliss-reactive ketones (excluding diaryl/α,β-unsaturated/α-hetero) is 1. The fraction of sp³-hybridized carbons (Fsp3) is 0.250. The average molecular weight is 408 g/mol. The van der Waals surface area contributed by atoms with Crippen LogP contribution >= 0.6 is 23.2 Å². The van der Waals surface area contributed by atoms with Crippen LogP contribution in [-0.4, -0.2) is 30.8 Å². The maximum atomic E-state index is 12.2. The van der Waals surface area contributed by atoms with Crippen LogP contribution in [0.3, 0.4) is 0 Å². The Morgan fingerprint density at radius 1 is 0.963 bits per heavy atom. The number of carbonyl (C=O) groups excluding carboxylic acids is 3. The summed E-state index contributed by atoms with van der Waals surface area (Å²) in [6.07, 6.45) is 1.60. The summed E-state index contributed by atoms with van der Waals surface area (Å²) in [5.41, 5.74) is 1.70. The number of aryl methyl sites for hydroxylation is 1. The Morgan fingerprint density at radius 2 is 1.59 bits per heavy atom. The lowest BCUT2D eigenvalue weighted by Crippen LogP contribution is -2.21. The zero-order valence-electron chi connectivity index (χ0n) is 14.8. The zero-order valence-corrected chi connectivity index (χ0v) is 16.3. The fourth-order valence-corrected chi connectivity index (χ4v) is 2.91. The number of benzene rings is 2. The van der Waals surface area contributed by atoms with Gasteiger partial charge in [-0.1, -0.05) is 47.5 Å². The first-order valence-corrected chi connectivity index (χ1v) is 9.10. The van der Waals surface area contributed by atoms with E-state index in [0.29, 0.717) is 22.2 Å². The zero-order chi connectivity index (χ0) is 19.8. The number of carbonyl (C=O) groups is 3. The van der Waals surface area contributed by atoms with Gasteiger partial charge in [-0.05, 0) is 36.6 Å². The smallest absolute Gasteiger partial charge is 0.338 e. The molecule has 1 amide bonds. The monoisotopic (exact) mass is 407 g/mol. The topological polar surface area (TPSA) is 72.5 Å². The van der Waals surface area contributed by atoms with Gasteiger partial charge in [0.05, 0.1) is 5.56 Å². The Morgan fingerprint density at radius 3 is 2.19 bits per heavy atom. The molecule has 0 atom stereocenters. The number of rotatable bonds is 8. The van der Waals surface area contributed by atoms with Gasteiger partial charge >= 0.3 is 5.97 Å². The minimum absolute atomic E-state index is 0.0504. The van der Waals surface area contributed by atoms with Crippen LogP contribution in [0.15, 0.2) is 42.5 Å². The molecule has 142 valence electrons. The van der Waals surface area contributed by atoms with Crippen molar-refractivity contribution < 1.29 is 19.1 Å². The number of ether oxygens (including phenoxy) is 1. The van der Waals surface area contributed by atoms with E-state index in [4.69, 9.17) is 27.9 Å². The molecule has 0 aliphatic heterocycles. The second-order valence-corrected chi connectivity index (χ2v) is 6.81. The Hall–Kier alpha value is -2.37. The third-order valence-electron chi connectivity index (χ3n) is 3.72. The molecule has 0 saturated heterocycles. The molecule has 0 aliphatic rings. The molecule has 5 nitrogen and oxygen atoms in total. The van der Waals surface area contributed by atoms with Crippen molar-refractivity contribution in [2.75, 3.05) is 13.2 Å². The van der Waals surface area contributed by atoms with Crippen molar-refractivity contribution in [2.24, 2.45) is 0 Å². The maximum Gasteiger partial charge on any atom is 0.338 e. The molecule has 0 bridgehead atoms. The van der Waals surface area contributed by atoms with Crippen molar-refractivity contribution >= 4 is 40.9 Å². The summed E-state index contributed by atoms with van der Waals surface area (Å²) in [5.74, 6) is -1.02. The minimum Gasteiger partial charge on any atom is -0.454 e. The fourth-order valence-electron chi connectivity index (χ4n) is 2.38. The summed E-state index contributed by atoms with van der Waals surface area (Å²) in [7, 11) is 0. The molecule has 2 rings (SSSR count). The highest BCUT2D eigenvalue weighted by Crippen LogP contribution is 2.19. The summed E-state index contributed by atoms with van der Waals surface area (Å²) in [5, 5.41) is 3.36. The standard InChI is InChI=1S/C20H19Cl2NO4/c1-13(24)23-8-2-3-14-4-6-15(7-5-14)19(25)12-27-20(26)16-9-17(21)11-18(22)10-16/h4-7,9-11H,2-3,8,12H2,1H3,(H,23,24). The van der Waals surface area contributed by atoms with E-state index in [1.165, 1.54) is 25.1 Å². The molecule has 0 spiro atoms. The van der Waals surface area contributed by atoms with Gasteiger partial charge in [-0.2, -0.15) is 0 Å². The lowest BCUT2D eigenvalue weighted by atomic mass is 10.1. The molecule has 0 saturated carbocycles. The van der Waals surface area contributed by atoms with Crippen LogP contribution in [0.5, 0.6) is 0 Å². The largest absolute Gasteiger partial charge is 0.454 e. The van der Waals surface area contributed by atoms with Gasteiger partial charge in [0.1, 0.15) is 0 Å². The summed E-state index contributed by atoms with van der Waals surface area (Å²) >= 11 is 11.7. The van der Waals surface area contributed by atoms with Gasteiger partial charge in [-0.3, -0.25) is 9.59 Å². The third-order valence-corrected chi connectivity index (χ3v) is 4.16. The van der Waals surface area contributed by atoms with Crippen LogP contribution in [0.1, 0.15) is 39.6 Å². The van der Waals surface area contributed by atoms with E-state index in [-0.39, 0.29) is 23.9 Å². The Labute approximate surface area is 167 Å². The van der Waals surface area contributed by atoms with Crippen LogP contribution in [0.2, 0.25) is 10.0 Å². The second kappa shape index (κ2) is 10.1. The van der Waals surface area contributed by atoms with E-state index < -0.39 is 5.97 Å². The van der Waals surface area contributed by atoms with Crippen LogP contribution in [0.25, 0.3) is 0 Å². The molecule has 0 aromatic heterocycles. The van der Waals surface area contributed by atoms with Gasteiger partial charge in [-0.15, -0.1) is 0 Å². The first kappa shape index (κ1) is 20.9. The summed E-state index contributed by atoms with van der Waals surface area (Å²) < 4.78 is 5.04. The molecule has 0 aliphatic carbocycles. The van der Waals surface area contributed by atoms with Crippen molar-refractivity contribution in [3.8, 4) is 0 Å². The quantitative estimate of drug-likeness (QED) is 0.406. The molecule has 1 N–H and O–H groups in total. The highest BCUT2D eigenvalue weighted by Gasteiger charge is 2.13. The van der Waals surface area contributed by atoms with Crippen LogP contribution in [0.4, 0.5) is 0 Å². The maximum absolute atomic E-state index is 12.2. The van der Waals surface area contributed by atoms with Crippen molar-refractivity contribution in [3.63, 3.8) is 0 Å². The third kappa shape index (κ3) is 7.04. The van der Waals surface area contributed by atoms with E-state index in [2.05, 4.69) is 5.32 Å². The molecule has 7 heteroatoms.